The second-order valence-corrected chi connectivity index (χ2v) is 3.76. The van der Waals surface area contributed by atoms with Crippen LogP contribution in [0.3, 0.4) is 0 Å². The molecule has 0 spiro atoms. The van der Waals surface area contributed by atoms with Gasteiger partial charge in [-0.05, 0) is 17.7 Å². The summed E-state index contributed by atoms with van der Waals surface area (Å²) in [5, 5.41) is 8.76. The molecule has 0 saturated carbocycles. The van der Waals surface area contributed by atoms with Crippen LogP contribution in [0.15, 0.2) is 24.3 Å². The first-order valence-corrected chi connectivity index (χ1v) is 5.30. The van der Waals surface area contributed by atoms with Crippen LogP contribution in [-0.2, 0) is 16.1 Å². The predicted octanol–water partition coefficient (Wildman–Crippen LogP) is 0.972. The topological polar surface area (TPSA) is 51.2 Å². The highest BCUT2D eigenvalue weighted by Gasteiger charge is 2.37. The van der Waals surface area contributed by atoms with Crippen molar-refractivity contribution in [3.05, 3.63) is 29.8 Å². The number of benzene rings is 1. The zero-order valence-electron chi connectivity index (χ0n) is 9.26. The minimum Gasteiger partial charge on any atom is -0.497 e. The zero-order chi connectivity index (χ0) is 11.4. The molecule has 88 valence electrons. The van der Waals surface area contributed by atoms with Gasteiger partial charge in [-0.3, -0.25) is 0 Å². The predicted molar refractivity (Wildman–Crippen MR) is 58.4 cm³/mol. The summed E-state index contributed by atoms with van der Waals surface area (Å²) in [7, 11) is 1.64. The van der Waals surface area contributed by atoms with Gasteiger partial charge in [-0.1, -0.05) is 12.1 Å². The molecule has 1 aliphatic heterocycles. The van der Waals surface area contributed by atoms with Gasteiger partial charge in [-0.2, -0.15) is 0 Å². The fraction of sp³-hybridized carbons (Fsp3) is 0.500. The summed E-state index contributed by atoms with van der Waals surface area (Å²) in [6.07, 6.45) is 0.0547. The first kappa shape index (κ1) is 11.4. The molecule has 2 atom stereocenters. The summed E-state index contributed by atoms with van der Waals surface area (Å²) in [6, 6.07) is 7.75. The molecule has 0 unspecified atom stereocenters. The Balaban J connectivity index is 1.69. The smallest absolute Gasteiger partial charge is 0.118 e. The minimum atomic E-state index is -0.0177. The van der Waals surface area contributed by atoms with Crippen molar-refractivity contribution in [3.63, 3.8) is 0 Å². The first-order valence-electron chi connectivity index (χ1n) is 5.30. The van der Waals surface area contributed by atoms with Crippen LogP contribution >= 0.6 is 0 Å². The van der Waals surface area contributed by atoms with Gasteiger partial charge in [0.15, 0.2) is 0 Å². The summed E-state index contributed by atoms with van der Waals surface area (Å²) in [5.74, 6) is 0.842. The quantitative estimate of drug-likeness (QED) is 0.732. The van der Waals surface area contributed by atoms with Crippen LogP contribution in [0, 0.1) is 0 Å². The molecule has 1 heterocycles. The normalized spacial score (nSPS) is 23.1. The van der Waals surface area contributed by atoms with Crippen molar-refractivity contribution in [2.24, 2.45) is 0 Å². The number of aliphatic hydroxyl groups is 1. The lowest BCUT2D eigenvalue weighted by Crippen LogP contribution is -2.07. The van der Waals surface area contributed by atoms with E-state index in [-0.39, 0.29) is 18.8 Å². The molecule has 2 rings (SSSR count). The molecule has 0 aliphatic carbocycles. The highest BCUT2D eigenvalue weighted by Crippen LogP contribution is 2.21. The number of epoxide rings is 1. The van der Waals surface area contributed by atoms with Crippen molar-refractivity contribution < 1.29 is 19.3 Å². The van der Waals surface area contributed by atoms with Gasteiger partial charge in [0.05, 0.1) is 26.9 Å². The molecular weight excluding hydrogens is 208 g/mol. The number of methoxy groups -OCH3 is 1. The van der Waals surface area contributed by atoms with Crippen molar-refractivity contribution >= 4 is 0 Å². The molecule has 0 aromatic heterocycles. The molecule has 16 heavy (non-hydrogen) atoms. The van der Waals surface area contributed by atoms with E-state index >= 15 is 0 Å². The summed E-state index contributed by atoms with van der Waals surface area (Å²) >= 11 is 0. The third-order valence-corrected chi connectivity index (χ3v) is 2.58. The van der Waals surface area contributed by atoms with E-state index in [9.17, 15) is 0 Å². The van der Waals surface area contributed by atoms with E-state index in [4.69, 9.17) is 19.3 Å². The molecule has 1 fully saturated rings. The molecule has 1 aromatic carbocycles. The number of hydrogen-bond acceptors (Lipinski definition) is 4. The van der Waals surface area contributed by atoms with Gasteiger partial charge in [-0.25, -0.2) is 0 Å². The van der Waals surface area contributed by atoms with Crippen LogP contribution in [0.2, 0.25) is 0 Å². The van der Waals surface area contributed by atoms with Gasteiger partial charge in [0, 0.05) is 0 Å². The van der Waals surface area contributed by atoms with Gasteiger partial charge in [0.25, 0.3) is 0 Å². The van der Waals surface area contributed by atoms with Crippen molar-refractivity contribution in [3.8, 4) is 5.75 Å². The lowest BCUT2D eigenvalue weighted by molar-refractivity contribution is 0.104. The van der Waals surface area contributed by atoms with E-state index in [1.807, 2.05) is 24.3 Å². The lowest BCUT2D eigenvalue weighted by Gasteiger charge is -2.04. The zero-order valence-corrected chi connectivity index (χ0v) is 9.26. The van der Waals surface area contributed by atoms with Crippen molar-refractivity contribution in [1.29, 1.82) is 0 Å². The average Bonchev–Trinajstić information content (AvgIpc) is 3.09. The Morgan fingerprint density at radius 2 is 2.00 bits per heavy atom. The molecular formula is C12H16O4. The van der Waals surface area contributed by atoms with Crippen LogP contribution in [0.25, 0.3) is 0 Å². The van der Waals surface area contributed by atoms with E-state index in [0.717, 1.165) is 11.3 Å². The molecule has 1 aromatic rings. The molecule has 1 aliphatic rings. The minimum absolute atomic E-state index is 0.0177. The SMILES string of the molecule is COc1ccc(COC[C@@H]2O[C@H]2CO)cc1. The highest BCUT2D eigenvalue weighted by molar-refractivity contribution is 5.26. The summed E-state index contributed by atoms with van der Waals surface area (Å²) in [4.78, 5) is 0. The van der Waals surface area contributed by atoms with E-state index in [0.29, 0.717) is 13.2 Å². The van der Waals surface area contributed by atoms with Crippen LogP contribution < -0.4 is 4.74 Å². The van der Waals surface area contributed by atoms with Gasteiger partial charge < -0.3 is 19.3 Å². The maximum atomic E-state index is 8.76. The number of ether oxygens (including phenoxy) is 3. The average molecular weight is 224 g/mol. The molecule has 4 nitrogen and oxygen atoms in total. The summed E-state index contributed by atoms with van der Waals surface area (Å²) < 4.78 is 15.7. The van der Waals surface area contributed by atoms with E-state index in [2.05, 4.69) is 0 Å². The molecule has 0 radical (unpaired) electrons. The van der Waals surface area contributed by atoms with E-state index in [1.165, 1.54) is 0 Å². The van der Waals surface area contributed by atoms with Crippen LogP contribution in [-0.4, -0.2) is 37.6 Å². The molecule has 0 bridgehead atoms. The van der Waals surface area contributed by atoms with Gasteiger partial charge in [-0.15, -0.1) is 0 Å². The molecule has 0 amide bonds. The molecule has 4 heteroatoms. The number of aliphatic hydroxyl groups excluding tert-OH is 1. The second-order valence-electron chi connectivity index (χ2n) is 3.76. The third kappa shape index (κ3) is 2.95. The fourth-order valence-electron chi connectivity index (χ4n) is 1.50. The Kier molecular flexibility index (Phi) is 3.77. The maximum absolute atomic E-state index is 8.76. The van der Waals surface area contributed by atoms with Crippen molar-refractivity contribution in [2.45, 2.75) is 18.8 Å². The van der Waals surface area contributed by atoms with Crippen LogP contribution in [0.1, 0.15) is 5.56 Å². The first-order chi connectivity index (χ1) is 7.83. The third-order valence-electron chi connectivity index (χ3n) is 2.58. The molecule has 1 N–H and O–H groups in total. The van der Waals surface area contributed by atoms with Gasteiger partial charge in [0.1, 0.15) is 18.0 Å². The second kappa shape index (κ2) is 5.30. The number of rotatable bonds is 6. The van der Waals surface area contributed by atoms with Crippen molar-refractivity contribution in [2.75, 3.05) is 20.3 Å². The van der Waals surface area contributed by atoms with E-state index in [1.54, 1.807) is 7.11 Å². The monoisotopic (exact) mass is 224 g/mol. The lowest BCUT2D eigenvalue weighted by atomic mass is 10.2. The van der Waals surface area contributed by atoms with Gasteiger partial charge >= 0.3 is 0 Å². The van der Waals surface area contributed by atoms with Crippen LogP contribution in [0.5, 0.6) is 5.75 Å². The number of hydrogen-bond donors (Lipinski definition) is 1. The Morgan fingerprint density at radius 1 is 1.25 bits per heavy atom. The fourth-order valence-corrected chi connectivity index (χ4v) is 1.50. The Labute approximate surface area is 94.8 Å². The Morgan fingerprint density at radius 3 is 2.56 bits per heavy atom. The van der Waals surface area contributed by atoms with Crippen LogP contribution in [0.4, 0.5) is 0 Å². The summed E-state index contributed by atoms with van der Waals surface area (Å²) in [5.41, 5.74) is 1.10. The summed E-state index contributed by atoms with van der Waals surface area (Å²) in [6.45, 7) is 1.18. The Bertz CT molecular complexity index is 322. The van der Waals surface area contributed by atoms with Crippen molar-refractivity contribution in [1.82, 2.24) is 0 Å². The highest BCUT2D eigenvalue weighted by atomic mass is 16.6. The standard InChI is InChI=1S/C12H16O4/c1-14-10-4-2-9(3-5-10)7-15-8-12-11(6-13)16-12/h2-5,11-13H,6-8H2,1H3/t11-,12-/m0/s1. The van der Waals surface area contributed by atoms with Gasteiger partial charge in [0.2, 0.25) is 0 Å². The van der Waals surface area contributed by atoms with E-state index < -0.39 is 0 Å². The Hall–Kier alpha value is -1.10. The molecule has 1 saturated heterocycles. The largest absolute Gasteiger partial charge is 0.497 e. The maximum Gasteiger partial charge on any atom is 0.118 e.